The predicted octanol–water partition coefficient (Wildman–Crippen LogP) is 2.11. The van der Waals surface area contributed by atoms with Crippen LogP contribution in [-0.4, -0.2) is 24.4 Å². The minimum absolute atomic E-state index is 0.129. The summed E-state index contributed by atoms with van der Waals surface area (Å²) in [5, 5.41) is 5.91. The van der Waals surface area contributed by atoms with E-state index in [4.69, 9.17) is 11.6 Å². The van der Waals surface area contributed by atoms with E-state index >= 15 is 0 Å². The summed E-state index contributed by atoms with van der Waals surface area (Å²) < 4.78 is 0.730. The Labute approximate surface area is 118 Å². The SMILES string of the molecule is O=C(NC1CCCNC1=O)c1cc(Cl)cc(Br)c1. The molecule has 2 rings (SSSR count). The summed E-state index contributed by atoms with van der Waals surface area (Å²) in [6.07, 6.45) is 1.54. The van der Waals surface area contributed by atoms with Gasteiger partial charge in [0.2, 0.25) is 5.91 Å². The molecule has 0 radical (unpaired) electrons. The Morgan fingerprint density at radius 3 is 2.89 bits per heavy atom. The molecular weight excluding hydrogens is 320 g/mol. The molecule has 1 aromatic carbocycles. The van der Waals surface area contributed by atoms with Crippen molar-refractivity contribution < 1.29 is 9.59 Å². The van der Waals surface area contributed by atoms with E-state index in [1.165, 1.54) is 0 Å². The van der Waals surface area contributed by atoms with Crippen molar-refractivity contribution in [2.45, 2.75) is 18.9 Å². The maximum atomic E-state index is 12.0. The van der Waals surface area contributed by atoms with E-state index < -0.39 is 6.04 Å². The third-order valence-corrected chi connectivity index (χ3v) is 3.39. The normalized spacial score (nSPS) is 19.2. The minimum Gasteiger partial charge on any atom is -0.354 e. The lowest BCUT2D eigenvalue weighted by Gasteiger charge is -2.22. The van der Waals surface area contributed by atoms with E-state index in [-0.39, 0.29) is 11.8 Å². The maximum absolute atomic E-state index is 12.0. The summed E-state index contributed by atoms with van der Waals surface area (Å²) in [7, 11) is 0. The van der Waals surface area contributed by atoms with Crippen LogP contribution in [0.25, 0.3) is 0 Å². The van der Waals surface area contributed by atoms with Crippen molar-refractivity contribution >= 4 is 39.3 Å². The van der Waals surface area contributed by atoms with Crippen molar-refractivity contribution in [3.63, 3.8) is 0 Å². The zero-order chi connectivity index (χ0) is 13.1. The Bertz CT molecular complexity index is 473. The van der Waals surface area contributed by atoms with Gasteiger partial charge < -0.3 is 10.6 Å². The molecule has 1 fully saturated rings. The van der Waals surface area contributed by atoms with Gasteiger partial charge in [-0.25, -0.2) is 0 Å². The van der Waals surface area contributed by atoms with E-state index in [0.717, 1.165) is 10.9 Å². The summed E-state index contributed by atoms with van der Waals surface area (Å²) in [5.41, 5.74) is 0.438. The minimum atomic E-state index is -0.455. The van der Waals surface area contributed by atoms with E-state index in [9.17, 15) is 9.59 Å². The van der Waals surface area contributed by atoms with Crippen LogP contribution in [0.5, 0.6) is 0 Å². The van der Waals surface area contributed by atoms with Crippen LogP contribution in [0.1, 0.15) is 23.2 Å². The Kier molecular flexibility index (Phi) is 4.24. The molecular formula is C12H12BrClN2O2. The zero-order valence-corrected chi connectivity index (χ0v) is 11.8. The highest BCUT2D eigenvalue weighted by Gasteiger charge is 2.24. The molecule has 96 valence electrons. The van der Waals surface area contributed by atoms with Gasteiger partial charge in [0.05, 0.1) is 0 Å². The summed E-state index contributed by atoms with van der Waals surface area (Å²) >= 11 is 9.15. The fraction of sp³-hybridized carbons (Fsp3) is 0.333. The average molecular weight is 332 g/mol. The lowest BCUT2D eigenvalue weighted by Crippen LogP contribution is -2.50. The number of benzene rings is 1. The number of hydrogen-bond acceptors (Lipinski definition) is 2. The molecule has 0 aliphatic carbocycles. The van der Waals surface area contributed by atoms with Crippen LogP contribution in [0.4, 0.5) is 0 Å². The first-order valence-electron chi connectivity index (χ1n) is 5.61. The number of amides is 2. The fourth-order valence-electron chi connectivity index (χ4n) is 1.84. The van der Waals surface area contributed by atoms with Crippen LogP contribution in [0, 0.1) is 0 Å². The summed E-state index contributed by atoms with van der Waals surface area (Å²) in [5.74, 6) is -0.420. The number of hydrogen-bond donors (Lipinski definition) is 2. The lowest BCUT2D eigenvalue weighted by molar-refractivity contribution is -0.124. The molecule has 2 amide bonds. The Morgan fingerprint density at radius 2 is 2.22 bits per heavy atom. The Hall–Kier alpha value is -1.07. The molecule has 1 unspecified atom stereocenters. The molecule has 0 aromatic heterocycles. The molecule has 1 atom stereocenters. The number of nitrogens with one attached hydrogen (secondary N) is 2. The molecule has 1 aliphatic rings. The van der Waals surface area contributed by atoms with Gasteiger partial charge in [0.15, 0.2) is 0 Å². The van der Waals surface area contributed by atoms with Gasteiger partial charge in [-0.1, -0.05) is 27.5 Å². The number of carbonyl (C=O) groups is 2. The predicted molar refractivity (Wildman–Crippen MR) is 72.6 cm³/mol. The van der Waals surface area contributed by atoms with Crippen LogP contribution in [0.3, 0.4) is 0 Å². The first kappa shape index (κ1) is 13.4. The van der Waals surface area contributed by atoms with Crippen molar-refractivity contribution in [3.8, 4) is 0 Å². The van der Waals surface area contributed by atoms with E-state index in [2.05, 4.69) is 26.6 Å². The van der Waals surface area contributed by atoms with E-state index in [1.807, 2.05) is 0 Å². The smallest absolute Gasteiger partial charge is 0.252 e. The molecule has 1 aliphatic heterocycles. The number of carbonyl (C=O) groups excluding carboxylic acids is 2. The van der Waals surface area contributed by atoms with Crippen LogP contribution >= 0.6 is 27.5 Å². The molecule has 1 saturated heterocycles. The van der Waals surface area contributed by atoms with Gasteiger partial charge >= 0.3 is 0 Å². The van der Waals surface area contributed by atoms with Gasteiger partial charge in [-0.15, -0.1) is 0 Å². The van der Waals surface area contributed by atoms with Crippen molar-refractivity contribution in [3.05, 3.63) is 33.3 Å². The lowest BCUT2D eigenvalue weighted by atomic mass is 10.1. The van der Waals surface area contributed by atoms with Gasteiger partial charge in [-0.2, -0.15) is 0 Å². The van der Waals surface area contributed by atoms with Gasteiger partial charge in [0.25, 0.3) is 5.91 Å². The number of halogens is 2. The average Bonchev–Trinajstić information content (AvgIpc) is 2.31. The summed E-state index contributed by atoms with van der Waals surface area (Å²) in [6, 6.07) is 4.49. The molecule has 4 nitrogen and oxygen atoms in total. The van der Waals surface area contributed by atoms with Crippen LogP contribution in [-0.2, 0) is 4.79 Å². The molecule has 0 spiro atoms. The Balaban J connectivity index is 2.09. The first-order valence-corrected chi connectivity index (χ1v) is 6.78. The summed E-state index contributed by atoms with van der Waals surface area (Å²) in [6.45, 7) is 0.675. The molecule has 0 bridgehead atoms. The topological polar surface area (TPSA) is 58.2 Å². The van der Waals surface area contributed by atoms with E-state index in [0.29, 0.717) is 23.6 Å². The van der Waals surface area contributed by atoms with Crippen molar-refractivity contribution in [1.82, 2.24) is 10.6 Å². The maximum Gasteiger partial charge on any atom is 0.252 e. The fourth-order valence-corrected chi connectivity index (χ4v) is 2.70. The highest BCUT2D eigenvalue weighted by molar-refractivity contribution is 9.10. The van der Waals surface area contributed by atoms with Crippen LogP contribution in [0.15, 0.2) is 22.7 Å². The molecule has 18 heavy (non-hydrogen) atoms. The van der Waals surface area contributed by atoms with Gasteiger partial charge in [0.1, 0.15) is 6.04 Å². The third kappa shape index (κ3) is 3.23. The van der Waals surface area contributed by atoms with E-state index in [1.54, 1.807) is 18.2 Å². The van der Waals surface area contributed by atoms with Crippen molar-refractivity contribution in [1.29, 1.82) is 0 Å². The van der Waals surface area contributed by atoms with Crippen LogP contribution < -0.4 is 10.6 Å². The standard InChI is InChI=1S/C12H12BrClN2O2/c13-8-4-7(5-9(14)6-8)11(17)16-10-2-1-3-15-12(10)18/h4-6,10H,1-3H2,(H,15,18)(H,16,17). The quantitative estimate of drug-likeness (QED) is 0.872. The zero-order valence-electron chi connectivity index (χ0n) is 9.50. The molecule has 0 saturated carbocycles. The highest BCUT2D eigenvalue weighted by Crippen LogP contribution is 2.19. The number of rotatable bonds is 2. The molecule has 1 aromatic rings. The van der Waals surface area contributed by atoms with Gasteiger partial charge in [0, 0.05) is 21.6 Å². The first-order chi connectivity index (χ1) is 8.56. The monoisotopic (exact) mass is 330 g/mol. The number of piperidine rings is 1. The molecule has 1 heterocycles. The highest BCUT2D eigenvalue weighted by atomic mass is 79.9. The third-order valence-electron chi connectivity index (χ3n) is 2.72. The molecule has 6 heteroatoms. The van der Waals surface area contributed by atoms with Gasteiger partial charge in [-0.3, -0.25) is 9.59 Å². The second-order valence-corrected chi connectivity index (χ2v) is 5.47. The largest absolute Gasteiger partial charge is 0.354 e. The van der Waals surface area contributed by atoms with Crippen molar-refractivity contribution in [2.75, 3.05) is 6.54 Å². The Morgan fingerprint density at radius 1 is 1.44 bits per heavy atom. The molecule has 2 N–H and O–H groups in total. The van der Waals surface area contributed by atoms with Crippen LogP contribution in [0.2, 0.25) is 5.02 Å². The van der Waals surface area contributed by atoms with Gasteiger partial charge in [-0.05, 0) is 31.0 Å². The van der Waals surface area contributed by atoms with Crippen molar-refractivity contribution in [2.24, 2.45) is 0 Å². The summed E-state index contributed by atoms with van der Waals surface area (Å²) in [4.78, 5) is 23.5. The second-order valence-electron chi connectivity index (χ2n) is 4.12. The second kappa shape index (κ2) is 5.71.